The summed E-state index contributed by atoms with van der Waals surface area (Å²) in [5.41, 5.74) is 0.841. The Morgan fingerprint density at radius 3 is 2.40 bits per heavy atom. The summed E-state index contributed by atoms with van der Waals surface area (Å²) >= 11 is 0. The minimum atomic E-state index is -0.643. The zero-order valence-corrected chi connectivity index (χ0v) is 13.6. The molecule has 1 atom stereocenters. The van der Waals surface area contributed by atoms with E-state index in [1.807, 2.05) is 0 Å². The Kier molecular flexibility index (Phi) is 5.38. The number of likely N-dealkylation sites (tertiary alicyclic amines) is 1. The van der Waals surface area contributed by atoms with Crippen molar-refractivity contribution < 1.29 is 22.7 Å². The molecule has 1 amide bonds. The third-order valence-electron chi connectivity index (χ3n) is 4.16. The van der Waals surface area contributed by atoms with E-state index >= 15 is 0 Å². The van der Waals surface area contributed by atoms with E-state index in [-0.39, 0.29) is 18.6 Å². The van der Waals surface area contributed by atoms with Crippen LogP contribution in [-0.4, -0.2) is 30.0 Å². The number of ether oxygens (including phenoxy) is 1. The van der Waals surface area contributed by atoms with Gasteiger partial charge < -0.3 is 9.64 Å². The van der Waals surface area contributed by atoms with Gasteiger partial charge in [0.05, 0.1) is 12.7 Å². The molecule has 0 saturated carbocycles. The van der Waals surface area contributed by atoms with Gasteiger partial charge >= 0.3 is 0 Å². The number of hydrogen-bond donors (Lipinski definition) is 0. The topological polar surface area (TPSA) is 29.5 Å². The fourth-order valence-corrected chi connectivity index (χ4v) is 2.94. The van der Waals surface area contributed by atoms with Crippen molar-refractivity contribution in [2.45, 2.75) is 25.6 Å². The monoisotopic (exact) mass is 349 g/mol. The third-order valence-corrected chi connectivity index (χ3v) is 4.16. The second kappa shape index (κ2) is 7.70. The first-order valence-electron chi connectivity index (χ1n) is 8.12. The van der Waals surface area contributed by atoms with Crippen molar-refractivity contribution in [1.82, 2.24) is 4.90 Å². The molecule has 2 aromatic carbocycles. The number of amides is 1. The van der Waals surface area contributed by atoms with E-state index in [0.29, 0.717) is 24.2 Å². The van der Waals surface area contributed by atoms with Crippen LogP contribution in [0.3, 0.4) is 0 Å². The van der Waals surface area contributed by atoms with E-state index in [0.717, 1.165) is 18.9 Å². The summed E-state index contributed by atoms with van der Waals surface area (Å²) in [5.74, 6) is -1.85. The number of benzene rings is 2. The summed E-state index contributed by atoms with van der Waals surface area (Å²) in [6.45, 7) is 1.08. The second-order valence-corrected chi connectivity index (χ2v) is 6.11. The minimum absolute atomic E-state index is 0.0813. The standard InChI is InChI=1S/C19H18F3NO2/c20-15-5-3-14(4-6-15)19(24)23-7-1-2-18(11-23)25-12-13-8-16(21)10-17(22)9-13/h3-6,8-10,18H,1-2,7,11-12H2. The first kappa shape index (κ1) is 17.5. The molecule has 0 N–H and O–H groups in total. The number of carbonyl (C=O) groups is 1. The zero-order chi connectivity index (χ0) is 17.8. The molecule has 1 aliphatic heterocycles. The van der Waals surface area contributed by atoms with Crippen LogP contribution in [0.5, 0.6) is 0 Å². The SMILES string of the molecule is O=C(c1ccc(F)cc1)N1CCCC(OCc2cc(F)cc(F)c2)C1. The summed E-state index contributed by atoms with van der Waals surface area (Å²) in [4.78, 5) is 14.1. The zero-order valence-electron chi connectivity index (χ0n) is 13.6. The number of hydrogen-bond acceptors (Lipinski definition) is 2. The number of piperidine rings is 1. The van der Waals surface area contributed by atoms with Crippen LogP contribution in [-0.2, 0) is 11.3 Å². The van der Waals surface area contributed by atoms with Crippen molar-refractivity contribution in [3.63, 3.8) is 0 Å². The van der Waals surface area contributed by atoms with Crippen LogP contribution in [0.25, 0.3) is 0 Å². The average molecular weight is 349 g/mol. The molecule has 6 heteroatoms. The van der Waals surface area contributed by atoms with Crippen LogP contribution in [0, 0.1) is 17.5 Å². The maximum atomic E-state index is 13.2. The fourth-order valence-electron chi connectivity index (χ4n) is 2.94. The number of rotatable bonds is 4. The highest BCUT2D eigenvalue weighted by molar-refractivity contribution is 5.94. The molecule has 0 aliphatic carbocycles. The van der Waals surface area contributed by atoms with Crippen LogP contribution in [0.4, 0.5) is 13.2 Å². The Bertz CT molecular complexity index is 729. The lowest BCUT2D eigenvalue weighted by molar-refractivity contribution is -0.00686. The summed E-state index contributed by atoms with van der Waals surface area (Å²) in [5, 5.41) is 0. The van der Waals surface area contributed by atoms with Crippen molar-refractivity contribution in [2.24, 2.45) is 0 Å². The maximum absolute atomic E-state index is 13.2. The lowest BCUT2D eigenvalue weighted by atomic mass is 10.1. The maximum Gasteiger partial charge on any atom is 0.253 e. The predicted molar refractivity (Wildman–Crippen MR) is 86.5 cm³/mol. The van der Waals surface area contributed by atoms with Crippen molar-refractivity contribution in [2.75, 3.05) is 13.1 Å². The molecule has 1 heterocycles. The summed E-state index contributed by atoms with van der Waals surface area (Å²) < 4.78 is 45.1. The minimum Gasteiger partial charge on any atom is -0.372 e. The molecule has 2 aromatic rings. The number of carbonyl (C=O) groups excluding carboxylic acids is 1. The first-order valence-corrected chi connectivity index (χ1v) is 8.12. The van der Waals surface area contributed by atoms with E-state index in [1.54, 1.807) is 4.90 Å². The van der Waals surface area contributed by atoms with Gasteiger partial charge in [-0.2, -0.15) is 0 Å². The molecule has 1 saturated heterocycles. The quantitative estimate of drug-likeness (QED) is 0.837. The van der Waals surface area contributed by atoms with E-state index in [2.05, 4.69) is 0 Å². The molecule has 0 bridgehead atoms. The Labute approximate surface area is 144 Å². The molecule has 3 nitrogen and oxygen atoms in total. The average Bonchev–Trinajstić information content (AvgIpc) is 2.59. The van der Waals surface area contributed by atoms with Crippen molar-refractivity contribution in [3.05, 3.63) is 71.0 Å². The normalized spacial score (nSPS) is 17.6. The first-order chi connectivity index (χ1) is 12.0. The summed E-state index contributed by atoms with van der Waals surface area (Å²) in [6.07, 6.45) is 1.34. The lowest BCUT2D eigenvalue weighted by Gasteiger charge is -2.32. The van der Waals surface area contributed by atoms with Gasteiger partial charge in [0.1, 0.15) is 17.5 Å². The molecular formula is C19H18F3NO2. The van der Waals surface area contributed by atoms with Crippen molar-refractivity contribution >= 4 is 5.91 Å². The highest BCUT2D eigenvalue weighted by Crippen LogP contribution is 2.18. The van der Waals surface area contributed by atoms with Gasteiger partial charge in [-0.25, -0.2) is 13.2 Å². The van der Waals surface area contributed by atoms with Crippen LogP contribution < -0.4 is 0 Å². The summed E-state index contributed by atoms with van der Waals surface area (Å²) in [7, 11) is 0. The highest BCUT2D eigenvalue weighted by Gasteiger charge is 2.25. The van der Waals surface area contributed by atoms with E-state index in [1.165, 1.54) is 36.4 Å². The predicted octanol–water partition coefficient (Wildman–Crippen LogP) is 3.93. The van der Waals surface area contributed by atoms with Crippen LogP contribution in [0.15, 0.2) is 42.5 Å². The van der Waals surface area contributed by atoms with Gasteiger partial charge in [-0.05, 0) is 54.8 Å². The molecule has 25 heavy (non-hydrogen) atoms. The van der Waals surface area contributed by atoms with Crippen LogP contribution in [0.1, 0.15) is 28.8 Å². The molecule has 0 aromatic heterocycles. The van der Waals surface area contributed by atoms with Crippen molar-refractivity contribution in [3.8, 4) is 0 Å². The van der Waals surface area contributed by atoms with Crippen LogP contribution in [0.2, 0.25) is 0 Å². The third kappa shape index (κ3) is 4.60. The summed E-state index contributed by atoms with van der Waals surface area (Å²) in [6, 6.07) is 8.69. The molecule has 3 rings (SSSR count). The Hall–Kier alpha value is -2.34. The fraction of sp³-hybridized carbons (Fsp3) is 0.316. The molecule has 1 unspecified atom stereocenters. The Morgan fingerprint density at radius 1 is 1.04 bits per heavy atom. The number of nitrogens with zero attached hydrogens (tertiary/aromatic N) is 1. The molecule has 0 radical (unpaired) electrons. The Morgan fingerprint density at radius 2 is 1.72 bits per heavy atom. The number of halogens is 3. The lowest BCUT2D eigenvalue weighted by Crippen LogP contribution is -2.43. The van der Waals surface area contributed by atoms with Gasteiger partial charge in [0, 0.05) is 24.7 Å². The van der Waals surface area contributed by atoms with Gasteiger partial charge in [0.25, 0.3) is 5.91 Å². The van der Waals surface area contributed by atoms with Gasteiger partial charge in [-0.1, -0.05) is 0 Å². The van der Waals surface area contributed by atoms with Gasteiger partial charge in [0.15, 0.2) is 0 Å². The van der Waals surface area contributed by atoms with E-state index < -0.39 is 17.5 Å². The van der Waals surface area contributed by atoms with Crippen LogP contribution >= 0.6 is 0 Å². The van der Waals surface area contributed by atoms with Gasteiger partial charge in [-0.3, -0.25) is 4.79 Å². The molecule has 132 valence electrons. The smallest absolute Gasteiger partial charge is 0.253 e. The Balaban J connectivity index is 1.59. The molecular weight excluding hydrogens is 331 g/mol. The van der Waals surface area contributed by atoms with Gasteiger partial charge in [0.2, 0.25) is 0 Å². The largest absolute Gasteiger partial charge is 0.372 e. The second-order valence-electron chi connectivity index (χ2n) is 6.11. The molecule has 0 spiro atoms. The van der Waals surface area contributed by atoms with E-state index in [9.17, 15) is 18.0 Å². The molecule has 1 aliphatic rings. The molecule has 1 fully saturated rings. The van der Waals surface area contributed by atoms with Gasteiger partial charge in [-0.15, -0.1) is 0 Å². The highest BCUT2D eigenvalue weighted by atomic mass is 19.1. The van der Waals surface area contributed by atoms with E-state index in [4.69, 9.17) is 4.74 Å². The van der Waals surface area contributed by atoms with Crippen molar-refractivity contribution in [1.29, 1.82) is 0 Å².